The van der Waals surface area contributed by atoms with Gasteiger partial charge in [-0.15, -0.1) is 12.4 Å². The lowest BCUT2D eigenvalue weighted by atomic mass is 10.0. The topological polar surface area (TPSA) is 41.9 Å². The first-order chi connectivity index (χ1) is 13.4. The molecule has 0 amide bonds. The molecule has 1 N–H and O–H groups in total. The smallest absolute Gasteiger partial charge is 0.108 e. The Morgan fingerprint density at radius 1 is 0.966 bits per heavy atom. The Hall–Kier alpha value is -0.850. The third kappa shape index (κ3) is 7.41. The maximum atomic E-state index is 10.6. The highest BCUT2D eigenvalue weighted by Crippen LogP contribution is 2.28. The summed E-state index contributed by atoms with van der Waals surface area (Å²) in [6.45, 7) is 6.55. The monoisotopic (exact) mass is 459 g/mol. The van der Waals surface area contributed by atoms with E-state index >= 15 is 0 Å². The second kappa shape index (κ2) is 11.5. The van der Waals surface area contributed by atoms with Crippen LogP contribution in [0.5, 0.6) is 0 Å². The molecule has 0 bridgehead atoms. The molecule has 2 aromatic carbocycles. The molecule has 1 aliphatic rings. The van der Waals surface area contributed by atoms with Crippen LogP contribution in [0.4, 0.5) is 0 Å². The highest BCUT2D eigenvalue weighted by molar-refractivity contribution is 6.30. The normalized spacial score (nSPS) is 21.0. The second-order valence-corrected chi connectivity index (χ2v) is 8.32. The number of morpholine rings is 1. The number of hydrogen-bond donors (Lipinski definition) is 1. The van der Waals surface area contributed by atoms with Crippen molar-refractivity contribution >= 4 is 35.6 Å². The fraction of sp³-hybridized carbons (Fsp3) is 0.455. The van der Waals surface area contributed by atoms with Gasteiger partial charge >= 0.3 is 0 Å². The van der Waals surface area contributed by atoms with Crippen molar-refractivity contribution in [1.82, 2.24) is 4.90 Å². The summed E-state index contributed by atoms with van der Waals surface area (Å²) in [5, 5.41) is 11.9. The van der Waals surface area contributed by atoms with Crippen LogP contribution in [-0.2, 0) is 9.47 Å². The molecule has 4 nitrogen and oxygen atoms in total. The molecule has 7 heteroatoms. The third-order valence-electron chi connectivity index (χ3n) is 4.76. The van der Waals surface area contributed by atoms with Crippen molar-refractivity contribution in [2.45, 2.75) is 38.3 Å². The molecule has 160 valence electrons. The maximum absolute atomic E-state index is 10.6. The second-order valence-electron chi connectivity index (χ2n) is 7.45. The maximum Gasteiger partial charge on any atom is 0.108 e. The molecule has 1 aliphatic heterocycles. The van der Waals surface area contributed by atoms with Crippen LogP contribution < -0.4 is 0 Å². The van der Waals surface area contributed by atoms with E-state index in [0.29, 0.717) is 16.6 Å². The average molecular weight is 461 g/mol. The van der Waals surface area contributed by atoms with Crippen LogP contribution in [0.2, 0.25) is 10.0 Å². The summed E-state index contributed by atoms with van der Waals surface area (Å²) in [5.74, 6) is 0. The predicted molar refractivity (Wildman–Crippen MR) is 120 cm³/mol. The zero-order chi connectivity index (χ0) is 20.1. The van der Waals surface area contributed by atoms with Crippen molar-refractivity contribution in [1.29, 1.82) is 0 Å². The summed E-state index contributed by atoms with van der Waals surface area (Å²) in [6, 6.07) is 15.1. The van der Waals surface area contributed by atoms with Crippen LogP contribution in [0.15, 0.2) is 48.5 Å². The minimum absolute atomic E-state index is 0. The molecule has 1 fully saturated rings. The van der Waals surface area contributed by atoms with Gasteiger partial charge < -0.3 is 14.6 Å². The number of benzene rings is 2. The van der Waals surface area contributed by atoms with Crippen LogP contribution >= 0.6 is 35.6 Å². The first-order valence-corrected chi connectivity index (χ1v) is 10.3. The van der Waals surface area contributed by atoms with Gasteiger partial charge in [-0.25, -0.2) is 0 Å². The SMILES string of the molecule is CC1CN(CC(O)COC(c2ccc(Cl)cc2)c2ccc(Cl)cc2)CC(C)O1.Cl. The largest absolute Gasteiger partial charge is 0.389 e. The fourth-order valence-corrected chi connectivity index (χ4v) is 3.90. The number of aliphatic hydroxyl groups excluding tert-OH is 1. The van der Waals surface area contributed by atoms with E-state index in [0.717, 1.165) is 24.2 Å². The van der Waals surface area contributed by atoms with Crippen molar-refractivity contribution in [3.63, 3.8) is 0 Å². The van der Waals surface area contributed by atoms with Gasteiger partial charge in [0.1, 0.15) is 6.10 Å². The molecule has 0 radical (unpaired) electrons. The molecule has 2 aromatic rings. The number of hydrogen-bond acceptors (Lipinski definition) is 4. The number of ether oxygens (including phenoxy) is 2. The van der Waals surface area contributed by atoms with Crippen LogP contribution in [0, 0.1) is 0 Å². The standard InChI is InChI=1S/C22H27Cl2NO3.ClH/c1-15-11-25(12-16(2)28-15)13-21(26)14-27-22(17-3-7-19(23)8-4-17)18-5-9-20(24)10-6-18;/h3-10,15-16,21-22,26H,11-14H2,1-2H3;1H. The van der Waals surface area contributed by atoms with Gasteiger partial charge in [0, 0.05) is 29.7 Å². The van der Waals surface area contributed by atoms with Gasteiger partial charge in [-0.2, -0.15) is 0 Å². The van der Waals surface area contributed by atoms with Crippen molar-refractivity contribution in [2.24, 2.45) is 0 Å². The summed E-state index contributed by atoms with van der Waals surface area (Å²) in [5.41, 5.74) is 1.96. The minimum Gasteiger partial charge on any atom is -0.389 e. The quantitative estimate of drug-likeness (QED) is 0.632. The minimum atomic E-state index is -0.584. The molecular weight excluding hydrogens is 433 g/mol. The third-order valence-corrected chi connectivity index (χ3v) is 5.27. The lowest BCUT2D eigenvalue weighted by Crippen LogP contribution is -2.48. The Morgan fingerprint density at radius 3 is 1.86 bits per heavy atom. The molecule has 3 atom stereocenters. The van der Waals surface area contributed by atoms with Gasteiger partial charge in [-0.05, 0) is 49.2 Å². The Bertz CT molecular complexity index is 686. The van der Waals surface area contributed by atoms with Crippen LogP contribution in [0.1, 0.15) is 31.1 Å². The van der Waals surface area contributed by atoms with E-state index in [1.54, 1.807) is 0 Å². The van der Waals surface area contributed by atoms with Gasteiger partial charge in [-0.1, -0.05) is 47.5 Å². The highest BCUT2D eigenvalue weighted by Gasteiger charge is 2.24. The molecule has 3 unspecified atom stereocenters. The number of β-amino-alcohol motifs (C(OH)–C–C–N with tert-alkyl or cyclic N) is 1. The zero-order valence-corrected chi connectivity index (χ0v) is 19.0. The van der Waals surface area contributed by atoms with E-state index in [1.165, 1.54) is 0 Å². The predicted octanol–water partition coefficient (Wildman–Crippen LogP) is 4.99. The van der Waals surface area contributed by atoms with E-state index in [-0.39, 0.29) is 37.3 Å². The lowest BCUT2D eigenvalue weighted by molar-refractivity contribution is -0.0843. The highest BCUT2D eigenvalue weighted by atomic mass is 35.5. The molecule has 0 aromatic heterocycles. The molecule has 29 heavy (non-hydrogen) atoms. The van der Waals surface area contributed by atoms with Crippen molar-refractivity contribution in [2.75, 3.05) is 26.2 Å². The fourth-order valence-electron chi connectivity index (χ4n) is 3.65. The number of rotatable bonds is 7. The van der Waals surface area contributed by atoms with E-state index in [2.05, 4.69) is 18.7 Å². The Kier molecular flexibility index (Phi) is 9.70. The average Bonchev–Trinajstić information content (AvgIpc) is 2.64. The van der Waals surface area contributed by atoms with E-state index < -0.39 is 6.10 Å². The van der Waals surface area contributed by atoms with Gasteiger partial charge in [-0.3, -0.25) is 4.90 Å². The molecule has 0 aliphatic carbocycles. The number of nitrogens with zero attached hydrogens (tertiary/aromatic N) is 1. The molecule has 0 spiro atoms. The zero-order valence-electron chi connectivity index (χ0n) is 16.6. The first-order valence-electron chi connectivity index (χ1n) is 9.59. The van der Waals surface area contributed by atoms with Gasteiger partial charge in [0.2, 0.25) is 0 Å². The Morgan fingerprint density at radius 2 is 1.41 bits per heavy atom. The first kappa shape index (κ1) is 24.4. The van der Waals surface area contributed by atoms with Gasteiger partial charge in [0.25, 0.3) is 0 Å². The van der Waals surface area contributed by atoms with Crippen LogP contribution in [0.3, 0.4) is 0 Å². The van der Waals surface area contributed by atoms with Crippen LogP contribution in [0.25, 0.3) is 0 Å². The Balaban J connectivity index is 0.00000300. The summed E-state index contributed by atoms with van der Waals surface area (Å²) in [6.07, 6.45) is -0.535. The van der Waals surface area contributed by atoms with Gasteiger partial charge in [0.05, 0.1) is 24.9 Å². The summed E-state index contributed by atoms with van der Waals surface area (Å²) in [4.78, 5) is 2.23. The molecular formula is C22H28Cl3NO3. The molecule has 1 heterocycles. The Labute approximate surface area is 189 Å². The van der Waals surface area contributed by atoms with E-state index in [4.69, 9.17) is 32.7 Å². The number of halogens is 3. The van der Waals surface area contributed by atoms with Crippen molar-refractivity contribution in [3.05, 3.63) is 69.7 Å². The number of aliphatic hydroxyl groups is 1. The van der Waals surface area contributed by atoms with E-state index in [9.17, 15) is 5.11 Å². The molecule has 3 rings (SSSR count). The van der Waals surface area contributed by atoms with Crippen LogP contribution in [-0.4, -0.2) is 54.6 Å². The lowest BCUT2D eigenvalue weighted by Gasteiger charge is -2.36. The summed E-state index contributed by atoms with van der Waals surface area (Å²) < 4.78 is 11.9. The van der Waals surface area contributed by atoms with Crippen molar-refractivity contribution in [3.8, 4) is 0 Å². The van der Waals surface area contributed by atoms with E-state index in [1.807, 2.05) is 48.5 Å². The summed E-state index contributed by atoms with van der Waals surface area (Å²) in [7, 11) is 0. The van der Waals surface area contributed by atoms with Gasteiger partial charge in [0.15, 0.2) is 0 Å². The van der Waals surface area contributed by atoms with Crippen molar-refractivity contribution < 1.29 is 14.6 Å². The molecule has 0 saturated carbocycles. The molecule has 1 saturated heterocycles. The summed E-state index contributed by atoms with van der Waals surface area (Å²) >= 11 is 12.1.